The van der Waals surface area contributed by atoms with Crippen LogP contribution < -0.4 is 4.90 Å². The third-order valence-electron chi connectivity index (χ3n) is 3.89. The van der Waals surface area contributed by atoms with Crippen LogP contribution in [0.1, 0.15) is 33.1 Å². The summed E-state index contributed by atoms with van der Waals surface area (Å²) in [5.41, 5.74) is -0.483. The molecule has 0 aliphatic heterocycles. The van der Waals surface area contributed by atoms with Crippen LogP contribution in [0.25, 0.3) is 0 Å². The van der Waals surface area contributed by atoms with Crippen molar-refractivity contribution in [2.24, 2.45) is 5.41 Å². The number of benzene rings is 1. The van der Waals surface area contributed by atoms with Gasteiger partial charge in [0.2, 0.25) is 5.91 Å². The molecule has 2 N–H and O–H groups in total. The number of amides is 1. The molecule has 5 heteroatoms. The number of hydrogen-bond donors (Lipinski definition) is 2. The topological polar surface area (TPSA) is 77.8 Å². The van der Waals surface area contributed by atoms with Crippen LogP contribution in [-0.2, 0) is 9.59 Å². The minimum absolute atomic E-state index is 0.0541. The van der Waals surface area contributed by atoms with Gasteiger partial charge in [0.25, 0.3) is 0 Å². The molecule has 0 unspecified atom stereocenters. The molecule has 0 bridgehead atoms. The molecule has 0 heterocycles. The van der Waals surface area contributed by atoms with Crippen molar-refractivity contribution >= 4 is 17.6 Å². The first-order chi connectivity index (χ1) is 9.36. The number of carboxylic acid groups (broad SMARTS) is 1. The molecule has 0 aliphatic rings. The van der Waals surface area contributed by atoms with Gasteiger partial charge >= 0.3 is 5.97 Å². The highest BCUT2D eigenvalue weighted by Gasteiger charge is 2.38. The predicted molar refractivity (Wildman–Crippen MR) is 76.8 cm³/mol. The Balaban J connectivity index is 2.92. The van der Waals surface area contributed by atoms with Crippen molar-refractivity contribution in [3.8, 4) is 5.75 Å². The van der Waals surface area contributed by atoms with E-state index in [0.29, 0.717) is 18.5 Å². The van der Waals surface area contributed by atoms with Gasteiger partial charge in [-0.15, -0.1) is 0 Å². The molecular formula is C15H21NO4. The van der Waals surface area contributed by atoms with E-state index in [0.717, 1.165) is 0 Å². The number of aliphatic carboxylic acids is 1. The fraction of sp³-hybridized carbons (Fsp3) is 0.467. The third kappa shape index (κ3) is 3.29. The van der Waals surface area contributed by atoms with E-state index in [1.54, 1.807) is 33.0 Å². The predicted octanol–water partition coefficient (Wildman–Crippen LogP) is 2.64. The molecule has 5 nitrogen and oxygen atoms in total. The summed E-state index contributed by atoms with van der Waals surface area (Å²) in [6, 6.07) is 6.32. The van der Waals surface area contributed by atoms with Gasteiger partial charge in [0.15, 0.2) is 0 Å². The van der Waals surface area contributed by atoms with E-state index in [1.165, 1.54) is 17.0 Å². The van der Waals surface area contributed by atoms with Crippen LogP contribution in [0, 0.1) is 5.41 Å². The Morgan fingerprint density at radius 2 is 1.85 bits per heavy atom. The monoisotopic (exact) mass is 279 g/mol. The summed E-state index contributed by atoms with van der Waals surface area (Å²) < 4.78 is 0. The summed E-state index contributed by atoms with van der Waals surface area (Å²) >= 11 is 0. The van der Waals surface area contributed by atoms with Crippen molar-refractivity contribution in [1.82, 2.24) is 0 Å². The summed E-state index contributed by atoms with van der Waals surface area (Å²) in [5.74, 6) is -1.15. The first-order valence-electron chi connectivity index (χ1n) is 6.65. The van der Waals surface area contributed by atoms with Crippen molar-refractivity contribution in [3.05, 3.63) is 24.3 Å². The lowest BCUT2D eigenvalue weighted by atomic mass is 9.79. The quantitative estimate of drug-likeness (QED) is 0.839. The van der Waals surface area contributed by atoms with Crippen molar-refractivity contribution in [1.29, 1.82) is 0 Å². The molecule has 1 rings (SSSR count). The number of carbonyl (C=O) groups excluding carboxylic acids is 1. The van der Waals surface area contributed by atoms with Crippen molar-refractivity contribution in [2.45, 2.75) is 33.1 Å². The molecule has 1 aromatic carbocycles. The molecule has 0 aliphatic carbocycles. The number of carboxylic acids is 1. The van der Waals surface area contributed by atoms with E-state index in [9.17, 15) is 19.8 Å². The number of phenolic OH excluding ortho intramolecular Hbond substituents is 1. The lowest BCUT2D eigenvalue weighted by Crippen LogP contribution is -2.37. The molecule has 0 atom stereocenters. The van der Waals surface area contributed by atoms with Crippen LogP contribution in [0.4, 0.5) is 5.69 Å². The maximum atomic E-state index is 12.3. The van der Waals surface area contributed by atoms with Crippen LogP contribution in [-0.4, -0.2) is 29.1 Å². The number of phenols is 1. The van der Waals surface area contributed by atoms with Gasteiger partial charge in [0.1, 0.15) is 5.75 Å². The Hall–Kier alpha value is -2.04. The minimum Gasteiger partial charge on any atom is -0.508 e. The fourth-order valence-corrected chi connectivity index (χ4v) is 2.13. The molecular weight excluding hydrogens is 258 g/mol. The zero-order valence-corrected chi connectivity index (χ0v) is 12.1. The van der Waals surface area contributed by atoms with Crippen LogP contribution in [0.2, 0.25) is 0 Å². The van der Waals surface area contributed by atoms with Gasteiger partial charge in [0, 0.05) is 25.2 Å². The highest BCUT2D eigenvalue weighted by Crippen LogP contribution is 2.32. The molecule has 1 aromatic rings. The first kappa shape index (κ1) is 16.0. The number of hydrogen-bond acceptors (Lipinski definition) is 3. The lowest BCUT2D eigenvalue weighted by molar-refractivity contribution is -0.152. The maximum Gasteiger partial charge on any atom is 0.310 e. The van der Waals surface area contributed by atoms with E-state index >= 15 is 0 Å². The van der Waals surface area contributed by atoms with E-state index < -0.39 is 11.4 Å². The molecule has 1 amide bonds. The molecule has 0 spiro atoms. The van der Waals surface area contributed by atoms with Crippen molar-refractivity contribution in [2.75, 3.05) is 11.9 Å². The van der Waals surface area contributed by atoms with Gasteiger partial charge in [0.05, 0.1) is 5.41 Å². The average molecular weight is 279 g/mol. The summed E-state index contributed by atoms with van der Waals surface area (Å²) in [5, 5.41) is 18.8. The van der Waals surface area contributed by atoms with Crippen molar-refractivity contribution < 1.29 is 19.8 Å². The maximum absolute atomic E-state index is 12.3. The Morgan fingerprint density at radius 3 is 2.30 bits per heavy atom. The largest absolute Gasteiger partial charge is 0.508 e. The van der Waals surface area contributed by atoms with E-state index in [-0.39, 0.29) is 18.1 Å². The SMILES string of the molecule is CCC(CC)(CC(=O)N(C)c1cccc(O)c1)C(=O)O. The number of carbonyl (C=O) groups is 2. The molecule has 110 valence electrons. The summed E-state index contributed by atoms with van der Waals surface area (Å²) in [6.07, 6.45) is 0.748. The second kappa shape index (κ2) is 6.41. The molecule has 0 saturated heterocycles. The molecule has 0 fully saturated rings. The number of rotatable bonds is 6. The highest BCUT2D eigenvalue weighted by atomic mass is 16.4. The second-order valence-electron chi connectivity index (χ2n) is 4.94. The minimum atomic E-state index is -1.03. The molecule has 0 saturated carbocycles. The average Bonchev–Trinajstić information content (AvgIpc) is 2.43. The van der Waals surface area contributed by atoms with Crippen LogP contribution in [0.3, 0.4) is 0 Å². The molecule has 20 heavy (non-hydrogen) atoms. The van der Waals surface area contributed by atoms with Gasteiger partial charge in [-0.1, -0.05) is 19.9 Å². The van der Waals surface area contributed by atoms with Crippen LogP contribution in [0.15, 0.2) is 24.3 Å². The Morgan fingerprint density at radius 1 is 1.25 bits per heavy atom. The smallest absolute Gasteiger partial charge is 0.310 e. The third-order valence-corrected chi connectivity index (χ3v) is 3.89. The fourth-order valence-electron chi connectivity index (χ4n) is 2.13. The summed E-state index contributed by atoms with van der Waals surface area (Å²) in [4.78, 5) is 25.1. The van der Waals surface area contributed by atoms with Gasteiger partial charge in [-0.05, 0) is 25.0 Å². The summed E-state index contributed by atoms with van der Waals surface area (Å²) in [7, 11) is 1.58. The lowest BCUT2D eigenvalue weighted by Gasteiger charge is -2.28. The van der Waals surface area contributed by atoms with E-state index in [1.807, 2.05) is 0 Å². The number of aromatic hydroxyl groups is 1. The van der Waals surface area contributed by atoms with Gasteiger partial charge < -0.3 is 15.1 Å². The highest BCUT2D eigenvalue weighted by molar-refractivity contribution is 5.96. The van der Waals surface area contributed by atoms with Crippen molar-refractivity contribution in [3.63, 3.8) is 0 Å². The van der Waals surface area contributed by atoms with Crippen LogP contribution >= 0.6 is 0 Å². The normalized spacial score (nSPS) is 11.2. The number of nitrogens with zero attached hydrogens (tertiary/aromatic N) is 1. The standard InChI is InChI=1S/C15H21NO4/c1-4-15(5-2,14(19)20)10-13(18)16(3)11-7-6-8-12(17)9-11/h6-9,17H,4-5,10H2,1-3H3,(H,19,20). The number of anilines is 1. The zero-order valence-electron chi connectivity index (χ0n) is 12.1. The molecule has 0 radical (unpaired) electrons. The Bertz CT molecular complexity index is 494. The van der Waals surface area contributed by atoms with Gasteiger partial charge in [-0.2, -0.15) is 0 Å². The van der Waals surface area contributed by atoms with E-state index in [2.05, 4.69) is 0 Å². The Labute approximate surface area is 118 Å². The van der Waals surface area contributed by atoms with Gasteiger partial charge in [-0.3, -0.25) is 9.59 Å². The second-order valence-corrected chi connectivity index (χ2v) is 4.94. The van der Waals surface area contributed by atoms with E-state index in [4.69, 9.17) is 0 Å². The molecule has 0 aromatic heterocycles. The summed E-state index contributed by atoms with van der Waals surface area (Å²) in [6.45, 7) is 3.55. The zero-order chi connectivity index (χ0) is 15.3. The Kier molecular flexibility index (Phi) is 5.13. The van der Waals surface area contributed by atoms with Crippen LogP contribution in [0.5, 0.6) is 5.75 Å². The van der Waals surface area contributed by atoms with Gasteiger partial charge in [-0.25, -0.2) is 0 Å². The first-order valence-corrected chi connectivity index (χ1v) is 6.65.